The zero-order valence-corrected chi connectivity index (χ0v) is 21.4. The molecule has 1 fully saturated rings. The van der Waals surface area contributed by atoms with E-state index in [0.29, 0.717) is 47.2 Å². The van der Waals surface area contributed by atoms with Gasteiger partial charge in [-0.25, -0.2) is 9.83 Å². The van der Waals surface area contributed by atoms with E-state index in [2.05, 4.69) is 10.9 Å². The molecule has 1 aliphatic heterocycles. The highest BCUT2D eigenvalue weighted by atomic mass is 32.2. The lowest BCUT2D eigenvalue weighted by Crippen LogP contribution is -2.50. The summed E-state index contributed by atoms with van der Waals surface area (Å²) in [6.07, 6.45) is 0.457. The van der Waals surface area contributed by atoms with E-state index < -0.39 is 23.2 Å². The molecule has 1 unspecified atom stereocenters. The van der Waals surface area contributed by atoms with Gasteiger partial charge in [-0.05, 0) is 23.5 Å². The van der Waals surface area contributed by atoms with Crippen LogP contribution < -0.4 is 16.4 Å². The molecule has 1 saturated heterocycles. The van der Waals surface area contributed by atoms with Gasteiger partial charge in [-0.15, -0.1) is 0 Å². The lowest BCUT2D eigenvalue weighted by molar-refractivity contribution is -0.148. The van der Waals surface area contributed by atoms with Crippen molar-refractivity contribution >= 4 is 35.1 Å². The van der Waals surface area contributed by atoms with Crippen LogP contribution in [0.2, 0.25) is 0 Å². The summed E-state index contributed by atoms with van der Waals surface area (Å²) in [6.45, 7) is 14.7. The number of rotatable bonds is 10. The van der Waals surface area contributed by atoms with Crippen LogP contribution in [0.5, 0.6) is 0 Å². The first-order valence-electron chi connectivity index (χ1n) is 11.7. The van der Waals surface area contributed by atoms with E-state index in [1.54, 1.807) is 12.1 Å². The number of pyridine rings is 1. The molecule has 1 amide bonds. The number of nitriles is 1. The van der Waals surface area contributed by atoms with Crippen LogP contribution in [0.25, 0.3) is 4.85 Å². The van der Waals surface area contributed by atoms with Gasteiger partial charge in [0, 0.05) is 19.0 Å². The molecule has 0 spiro atoms. The first-order chi connectivity index (χ1) is 17.2. The minimum Gasteiger partial charge on any atom is -0.464 e. The summed E-state index contributed by atoms with van der Waals surface area (Å²) in [5, 5.41) is 9.55. The van der Waals surface area contributed by atoms with Crippen molar-refractivity contribution in [3.63, 3.8) is 0 Å². The van der Waals surface area contributed by atoms with Gasteiger partial charge in [-0.1, -0.05) is 62.9 Å². The van der Waals surface area contributed by atoms with Gasteiger partial charge < -0.3 is 21.1 Å². The van der Waals surface area contributed by atoms with Crippen LogP contribution in [0.3, 0.4) is 0 Å². The number of carbonyl (C=O) groups is 2. The average molecular weight is 507 g/mol. The fourth-order valence-electron chi connectivity index (χ4n) is 3.92. The molecule has 9 nitrogen and oxygen atoms in total. The van der Waals surface area contributed by atoms with Gasteiger partial charge in [0.25, 0.3) is 0 Å². The van der Waals surface area contributed by atoms with Crippen LogP contribution in [0.15, 0.2) is 35.4 Å². The Hall–Kier alpha value is -3.60. The normalized spacial score (nSPS) is 14.9. The van der Waals surface area contributed by atoms with Crippen molar-refractivity contribution in [2.75, 3.05) is 24.6 Å². The largest absolute Gasteiger partial charge is 0.464 e. The Bertz CT molecular complexity index is 1200. The second-order valence-electron chi connectivity index (χ2n) is 9.00. The summed E-state index contributed by atoms with van der Waals surface area (Å²) >= 11 is 1.12. The second-order valence-corrected chi connectivity index (χ2v) is 10.1. The van der Waals surface area contributed by atoms with Gasteiger partial charge in [-0.2, -0.15) is 5.26 Å². The quantitative estimate of drug-likeness (QED) is 0.284. The van der Waals surface area contributed by atoms with E-state index in [1.165, 1.54) is 0 Å². The fraction of sp³-hybridized carbons (Fsp3) is 0.423. The van der Waals surface area contributed by atoms with Crippen molar-refractivity contribution in [1.82, 2.24) is 4.98 Å². The lowest BCUT2D eigenvalue weighted by Gasteiger charge is -2.41. The van der Waals surface area contributed by atoms with Crippen molar-refractivity contribution in [3.05, 3.63) is 58.4 Å². The minimum atomic E-state index is -0.740. The molecule has 0 aliphatic carbocycles. The summed E-state index contributed by atoms with van der Waals surface area (Å²) in [5.41, 5.74) is 13.5. The van der Waals surface area contributed by atoms with E-state index >= 15 is 0 Å². The summed E-state index contributed by atoms with van der Waals surface area (Å²) in [5.74, 6) is -0.444. The van der Waals surface area contributed by atoms with E-state index in [4.69, 9.17) is 27.8 Å². The van der Waals surface area contributed by atoms with Crippen LogP contribution in [0.1, 0.15) is 42.7 Å². The molecular weight excluding hydrogens is 476 g/mol. The number of aromatic nitrogens is 1. The lowest BCUT2D eigenvalue weighted by atomic mass is 9.99. The first kappa shape index (κ1) is 27.0. The Balaban J connectivity index is 1.87. The van der Waals surface area contributed by atoms with Crippen LogP contribution >= 0.6 is 11.8 Å². The van der Waals surface area contributed by atoms with Crippen molar-refractivity contribution in [2.45, 2.75) is 43.5 Å². The monoisotopic (exact) mass is 506 g/mol. The van der Waals surface area contributed by atoms with Gasteiger partial charge in [0.1, 0.15) is 28.2 Å². The maximum Gasteiger partial charge on any atom is 0.323 e. The van der Waals surface area contributed by atoms with Crippen molar-refractivity contribution in [1.29, 1.82) is 5.26 Å². The molecule has 3 rings (SSSR count). The number of carbonyl (C=O) groups excluding carboxylic acids is 2. The third-order valence-electron chi connectivity index (χ3n) is 6.10. The third kappa shape index (κ3) is 5.78. The van der Waals surface area contributed by atoms with Gasteiger partial charge in [0.15, 0.2) is 0 Å². The first-order valence-corrected chi connectivity index (χ1v) is 12.6. The molecule has 0 bridgehead atoms. The van der Waals surface area contributed by atoms with E-state index in [9.17, 15) is 14.9 Å². The predicted molar refractivity (Wildman–Crippen MR) is 138 cm³/mol. The molecule has 1 aromatic carbocycles. The summed E-state index contributed by atoms with van der Waals surface area (Å²) < 4.78 is 5.37. The molecule has 4 N–H and O–H groups in total. The minimum absolute atomic E-state index is 0.0111. The number of amides is 1. The van der Waals surface area contributed by atoms with Crippen LogP contribution in [-0.2, 0) is 20.7 Å². The Morgan fingerprint density at radius 2 is 2.00 bits per heavy atom. The number of nitrogens with two attached hydrogens (primary N) is 2. The molecular formula is C26H30N6O3S. The zero-order chi connectivity index (χ0) is 26.4. The number of esters is 1. The molecule has 2 aromatic rings. The Kier molecular flexibility index (Phi) is 8.92. The molecule has 2 heterocycles. The molecule has 1 aliphatic rings. The number of primary amides is 1. The van der Waals surface area contributed by atoms with Crippen LogP contribution in [0.4, 0.5) is 11.5 Å². The van der Waals surface area contributed by atoms with Gasteiger partial charge in [0.05, 0.1) is 18.7 Å². The topological polar surface area (TPSA) is 140 Å². The highest BCUT2D eigenvalue weighted by molar-refractivity contribution is 8.00. The summed E-state index contributed by atoms with van der Waals surface area (Å²) in [4.78, 5) is 34.7. The fourth-order valence-corrected chi connectivity index (χ4v) is 4.98. The average Bonchev–Trinajstić information content (AvgIpc) is 2.85. The molecule has 1 aromatic heterocycles. The molecule has 0 saturated carbocycles. The second kappa shape index (κ2) is 11.9. The van der Waals surface area contributed by atoms with Crippen molar-refractivity contribution in [3.8, 4) is 6.07 Å². The van der Waals surface area contributed by atoms with Crippen LogP contribution in [0, 0.1) is 29.7 Å². The van der Waals surface area contributed by atoms with Gasteiger partial charge in [-0.3, -0.25) is 9.59 Å². The Morgan fingerprint density at radius 1 is 1.33 bits per heavy atom. The summed E-state index contributed by atoms with van der Waals surface area (Å²) in [7, 11) is 0. The maximum absolute atomic E-state index is 12.3. The Labute approximate surface area is 215 Å². The van der Waals surface area contributed by atoms with Crippen LogP contribution in [-0.4, -0.2) is 42.6 Å². The molecule has 36 heavy (non-hydrogen) atoms. The van der Waals surface area contributed by atoms with Crippen molar-refractivity contribution < 1.29 is 14.3 Å². The predicted octanol–water partition coefficient (Wildman–Crippen LogP) is 3.35. The highest BCUT2D eigenvalue weighted by Gasteiger charge is 2.34. The van der Waals surface area contributed by atoms with E-state index in [-0.39, 0.29) is 24.0 Å². The number of anilines is 1. The standard InChI is InChI=1S/C26H30N6O3S/c1-5-18-19(11-27)25(36-22(23(29)33)17-9-7-6-8-10-17)31-24(21(18)30-4)32-12-16(13-32)14-35-26(34)20(28)15(2)3/h6-10,15-16,20,22H,5,12-14,28H2,1-3H3,(H2,29,33)/t20-,22?/m0/s1. The molecule has 0 radical (unpaired) electrons. The maximum atomic E-state index is 12.3. The van der Waals surface area contributed by atoms with Crippen molar-refractivity contribution in [2.24, 2.45) is 23.3 Å². The van der Waals surface area contributed by atoms with E-state index in [1.807, 2.05) is 43.9 Å². The number of nitrogens with zero attached hydrogens (tertiary/aromatic N) is 4. The Morgan fingerprint density at radius 3 is 2.53 bits per heavy atom. The van der Waals surface area contributed by atoms with Gasteiger partial charge in [0.2, 0.25) is 11.6 Å². The number of hydrogen-bond donors (Lipinski definition) is 2. The molecule has 10 heteroatoms. The summed E-state index contributed by atoms with van der Waals surface area (Å²) in [6, 6.07) is 10.6. The SMILES string of the molecule is [C-]#[N+]c1c(N2CC(COC(=O)[C@@H](N)C(C)C)C2)nc(SC(C(N)=O)c2ccccc2)c(C#N)c1CC. The number of ether oxygens (including phenoxy) is 1. The van der Waals surface area contributed by atoms with Gasteiger partial charge >= 0.3 is 5.97 Å². The molecule has 2 atom stereocenters. The van der Waals surface area contributed by atoms with E-state index in [0.717, 1.165) is 11.8 Å². The zero-order valence-electron chi connectivity index (χ0n) is 20.6. The third-order valence-corrected chi connectivity index (χ3v) is 7.36. The number of thioether (sulfide) groups is 1. The number of benzene rings is 1. The number of hydrogen-bond acceptors (Lipinski definition) is 8. The smallest absolute Gasteiger partial charge is 0.323 e. The molecule has 188 valence electrons. The highest BCUT2D eigenvalue weighted by Crippen LogP contribution is 2.43.